The molecule has 13 N–H and O–H groups in total. The molecule has 7 fully saturated rings. The number of hydrogen-bond donors (Lipinski definition) is 13. The molecule has 0 aromatic rings. The van der Waals surface area contributed by atoms with Crippen molar-refractivity contribution in [2.45, 2.75) is 212 Å². The molecule has 66 heavy (non-hydrogen) atoms. The molecule has 380 valence electrons. The molecule has 10 unspecified atom stereocenters. The molecule has 7 aliphatic rings. The Morgan fingerprint density at radius 2 is 1.23 bits per heavy atom. The lowest BCUT2D eigenvalue weighted by molar-refractivity contribution is -0.352. The van der Waals surface area contributed by atoms with Crippen LogP contribution in [0.25, 0.3) is 0 Å². The molecule has 4 saturated heterocycles. The maximum Gasteiger partial charge on any atom is 0.330 e. The second kappa shape index (κ2) is 22.6. The van der Waals surface area contributed by atoms with Crippen LogP contribution in [0.5, 0.6) is 0 Å². The van der Waals surface area contributed by atoms with Crippen LogP contribution in [0.2, 0.25) is 0 Å². The molecule has 4 aliphatic heterocycles. The van der Waals surface area contributed by atoms with Gasteiger partial charge >= 0.3 is 5.97 Å². The average molecular weight is 955 g/mol. The second-order valence-corrected chi connectivity index (χ2v) is 19.1. The molecule has 23 heteroatoms. The van der Waals surface area contributed by atoms with Crippen molar-refractivity contribution >= 4 is 5.97 Å². The van der Waals surface area contributed by atoms with Gasteiger partial charge in [-0.1, -0.05) is 6.08 Å². The zero-order chi connectivity index (χ0) is 47.7. The average Bonchev–Trinajstić information content (AvgIpc) is 3.29. The monoisotopic (exact) mass is 954 g/mol. The van der Waals surface area contributed by atoms with Crippen LogP contribution < -0.4 is 0 Å². The first-order chi connectivity index (χ1) is 31.4. The number of carbonyl (C=O) groups is 1. The third kappa shape index (κ3) is 11.6. The number of carbonyl (C=O) groups excluding carboxylic acids is 1. The van der Waals surface area contributed by atoms with E-state index in [2.05, 4.69) is 0 Å². The molecular weight excluding hydrogens is 884 g/mol. The number of methoxy groups -OCH3 is 1. The van der Waals surface area contributed by atoms with Crippen LogP contribution in [-0.4, -0.2) is 240 Å². The smallest absolute Gasteiger partial charge is 0.330 e. The van der Waals surface area contributed by atoms with Crippen LogP contribution in [-0.2, 0) is 47.4 Å². The van der Waals surface area contributed by atoms with Crippen LogP contribution in [0.15, 0.2) is 12.2 Å². The lowest BCUT2D eigenvalue weighted by Gasteiger charge is -2.53. The highest BCUT2D eigenvalue weighted by Crippen LogP contribution is 2.45. The van der Waals surface area contributed by atoms with Gasteiger partial charge in [-0.05, 0) is 70.1 Å². The lowest BCUT2D eigenvalue weighted by Crippen LogP contribution is -2.64. The Bertz CT molecular complexity index is 1570. The van der Waals surface area contributed by atoms with Crippen LogP contribution >= 0.6 is 0 Å². The van der Waals surface area contributed by atoms with Crippen LogP contribution in [0.1, 0.15) is 64.7 Å². The van der Waals surface area contributed by atoms with Crippen LogP contribution in [0.3, 0.4) is 0 Å². The van der Waals surface area contributed by atoms with Crippen molar-refractivity contribution < 1.29 is 114 Å². The Morgan fingerprint density at radius 3 is 1.88 bits per heavy atom. The predicted octanol–water partition coefficient (Wildman–Crippen LogP) is -5.06. The molecule has 0 spiro atoms. The number of fused-ring (bicyclic) bond motifs is 1. The van der Waals surface area contributed by atoms with E-state index >= 15 is 0 Å². The molecule has 25 atom stereocenters. The number of aliphatic hydroxyl groups excluding tert-OH is 13. The van der Waals surface area contributed by atoms with Crippen molar-refractivity contribution in [3.05, 3.63) is 12.2 Å². The van der Waals surface area contributed by atoms with E-state index in [0.717, 1.165) is 0 Å². The summed E-state index contributed by atoms with van der Waals surface area (Å²) in [7, 11) is 1.38. The molecule has 7 rings (SSSR count). The molecule has 3 aliphatic carbocycles. The number of esters is 1. The van der Waals surface area contributed by atoms with Crippen molar-refractivity contribution in [2.75, 3.05) is 20.3 Å². The van der Waals surface area contributed by atoms with Gasteiger partial charge in [0.15, 0.2) is 25.0 Å². The SMILES string of the molecule is COC1CC(C2OC3CC(O)CC(O[C@@H]4O[C@H](CO)[C@@H](O)[C@H](O)[C@H]4O)C3CC2O[C@@H]2O[C@H](CO[C@@H]3O[C@@H](C)[C@H](OC(=O)C=CC4CCC(O)CC4)[C@@H](O)[C@H]3O)[C@@H](O)[C@H](O)[C@H]2O)CC(O)C1O. The van der Waals surface area contributed by atoms with E-state index in [0.29, 0.717) is 25.7 Å². The topological polar surface area (TPSA) is 363 Å². The van der Waals surface area contributed by atoms with Crippen molar-refractivity contribution in [1.29, 1.82) is 0 Å². The zero-order valence-corrected chi connectivity index (χ0v) is 36.9. The number of allylic oxidation sites excluding steroid dienone is 1. The van der Waals surface area contributed by atoms with Gasteiger partial charge in [-0.3, -0.25) is 0 Å². The van der Waals surface area contributed by atoms with Gasteiger partial charge in [0.25, 0.3) is 0 Å². The van der Waals surface area contributed by atoms with E-state index in [4.69, 9.17) is 42.6 Å². The lowest BCUT2D eigenvalue weighted by atomic mass is 9.72. The summed E-state index contributed by atoms with van der Waals surface area (Å²) in [6.07, 6.45) is -26.1. The summed E-state index contributed by atoms with van der Waals surface area (Å²) >= 11 is 0. The summed E-state index contributed by atoms with van der Waals surface area (Å²) in [6.45, 7) is 0.205. The highest BCUT2D eigenvalue weighted by Gasteiger charge is 2.55. The highest BCUT2D eigenvalue weighted by atomic mass is 16.7. The van der Waals surface area contributed by atoms with E-state index in [1.807, 2.05) is 0 Å². The quantitative estimate of drug-likeness (QED) is 0.0607. The van der Waals surface area contributed by atoms with Gasteiger partial charge in [-0.25, -0.2) is 4.79 Å². The summed E-state index contributed by atoms with van der Waals surface area (Å²) < 4.78 is 53.4. The fourth-order valence-electron chi connectivity index (χ4n) is 10.7. The van der Waals surface area contributed by atoms with Gasteiger partial charge in [-0.15, -0.1) is 0 Å². The van der Waals surface area contributed by atoms with Crippen molar-refractivity contribution in [3.8, 4) is 0 Å². The Morgan fingerprint density at radius 1 is 0.606 bits per heavy atom. The Kier molecular flexibility index (Phi) is 17.9. The number of ether oxygens (including phenoxy) is 9. The minimum Gasteiger partial charge on any atom is -0.454 e. The molecule has 0 aromatic carbocycles. The Hall–Kier alpha value is -1.63. The molecule has 4 heterocycles. The van der Waals surface area contributed by atoms with Gasteiger partial charge in [0.1, 0.15) is 67.1 Å². The molecule has 23 nitrogen and oxygen atoms in total. The molecule has 3 saturated carbocycles. The molecule has 0 aromatic heterocycles. The summed E-state index contributed by atoms with van der Waals surface area (Å²) in [4.78, 5) is 12.7. The largest absolute Gasteiger partial charge is 0.454 e. The van der Waals surface area contributed by atoms with Crippen molar-refractivity contribution in [1.82, 2.24) is 0 Å². The number of hydrogen-bond acceptors (Lipinski definition) is 23. The Balaban J connectivity index is 1.03. The number of rotatable bonds is 13. The maximum atomic E-state index is 12.7. The van der Waals surface area contributed by atoms with Crippen LogP contribution in [0.4, 0.5) is 0 Å². The van der Waals surface area contributed by atoms with Crippen molar-refractivity contribution in [3.63, 3.8) is 0 Å². The second-order valence-electron chi connectivity index (χ2n) is 19.1. The fraction of sp³-hybridized carbons (Fsp3) is 0.930. The normalized spacial score (nSPS) is 51.6. The summed E-state index contributed by atoms with van der Waals surface area (Å²) in [6, 6.07) is 0. The van der Waals surface area contributed by atoms with Gasteiger partial charge in [0.05, 0.1) is 68.1 Å². The molecule has 0 radical (unpaired) electrons. The predicted molar refractivity (Wildman–Crippen MR) is 217 cm³/mol. The molecule has 0 bridgehead atoms. The van der Waals surface area contributed by atoms with E-state index in [9.17, 15) is 71.2 Å². The third-order valence-corrected chi connectivity index (χ3v) is 14.6. The van der Waals surface area contributed by atoms with Gasteiger partial charge < -0.3 is 109 Å². The van der Waals surface area contributed by atoms with Crippen molar-refractivity contribution in [2.24, 2.45) is 17.8 Å². The first kappa shape index (κ1) is 52.2. The minimum absolute atomic E-state index is 0.000611. The summed E-state index contributed by atoms with van der Waals surface area (Å²) in [5.74, 6) is -1.88. The molecule has 0 amide bonds. The highest BCUT2D eigenvalue weighted by molar-refractivity contribution is 5.82. The van der Waals surface area contributed by atoms with E-state index in [1.54, 1.807) is 6.08 Å². The van der Waals surface area contributed by atoms with Gasteiger partial charge in [0.2, 0.25) is 0 Å². The standard InChI is InChI=1S/C43H70O23/c1-16-39(66-29(48)8-5-17-3-6-19(45)7-4-17)35(54)38(57)41(60-16)59-15-28-32(51)34(53)37(56)43(65-28)63-26-13-21-23(61-40(26)18-9-22(47)30(49)25(10-18)58-2)11-20(46)12-24(21)62-42-36(55)33(52)31(50)27(14-44)64-42/h5,8,16-28,30-47,49-57H,3-4,6-7,9-15H2,1-2H3/t16-,17?,18?,19?,20?,21?,22?,23?,24?,25?,26?,27+,28+,30?,31+,32+,33-,34-,35-,36+,37+,38+,39-,40?,41+,42+,43+/m0/s1. The molecular formula is C43H70O23. The first-order valence-corrected chi connectivity index (χ1v) is 23.1. The Labute approximate surface area is 381 Å². The van der Waals surface area contributed by atoms with E-state index in [1.165, 1.54) is 20.1 Å². The van der Waals surface area contributed by atoms with Crippen LogP contribution in [0, 0.1) is 17.8 Å². The zero-order valence-electron chi connectivity index (χ0n) is 36.9. The maximum absolute atomic E-state index is 12.7. The first-order valence-electron chi connectivity index (χ1n) is 23.1. The summed E-state index contributed by atoms with van der Waals surface area (Å²) in [5, 5.41) is 139. The van der Waals surface area contributed by atoms with E-state index < -0.39 is 172 Å². The fourth-order valence-corrected chi connectivity index (χ4v) is 10.7. The minimum atomic E-state index is -1.87. The van der Waals surface area contributed by atoms with Gasteiger partial charge in [-0.2, -0.15) is 0 Å². The van der Waals surface area contributed by atoms with Gasteiger partial charge in [0, 0.05) is 25.5 Å². The number of aliphatic hydroxyl groups is 13. The van der Waals surface area contributed by atoms with E-state index in [-0.39, 0.29) is 44.1 Å². The third-order valence-electron chi connectivity index (χ3n) is 14.6. The summed E-state index contributed by atoms with van der Waals surface area (Å²) in [5.41, 5.74) is 0.